The van der Waals surface area contributed by atoms with Crippen LogP contribution in [0, 0.1) is 11.8 Å². The first-order valence-electron chi connectivity index (χ1n) is 7.80. The predicted octanol–water partition coefficient (Wildman–Crippen LogP) is 4.09. The molecule has 6 heteroatoms. The van der Waals surface area contributed by atoms with E-state index in [1.807, 2.05) is 0 Å². The second-order valence-electron chi connectivity index (χ2n) is 6.14. The minimum Gasteiger partial charge on any atom is -0.452 e. The van der Waals surface area contributed by atoms with Crippen LogP contribution in [-0.2, 0) is 9.53 Å². The van der Waals surface area contributed by atoms with Crippen LogP contribution in [0.3, 0.4) is 0 Å². The van der Waals surface area contributed by atoms with E-state index in [-0.39, 0.29) is 29.1 Å². The fourth-order valence-corrected chi connectivity index (χ4v) is 3.26. The van der Waals surface area contributed by atoms with Crippen molar-refractivity contribution >= 4 is 35.1 Å². The van der Waals surface area contributed by atoms with Crippen molar-refractivity contribution in [2.75, 3.05) is 6.61 Å². The molecule has 0 aromatic heterocycles. The van der Waals surface area contributed by atoms with Gasteiger partial charge >= 0.3 is 5.97 Å². The van der Waals surface area contributed by atoms with E-state index in [1.165, 1.54) is 18.6 Å². The monoisotopic (exact) mass is 357 g/mol. The molecule has 0 bridgehead atoms. The minimum atomic E-state index is -0.655. The van der Waals surface area contributed by atoms with Crippen LogP contribution in [0.4, 0.5) is 0 Å². The van der Waals surface area contributed by atoms with Gasteiger partial charge in [0.25, 0.3) is 5.91 Å². The smallest absolute Gasteiger partial charge is 0.340 e. The van der Waals surface area contributed by atoms with E-state index in [0.29, 0.717) is 16.9 Å². The summed E-state index contributed by atoms with van der Waals surface area (Å²) in [5, 5.41) is 3.59. The van der Waals surface area contributed by atoms with Gasteiger partial charge in [0.1, 0.15) is 0 Å². The van der Waals surface area contributed by atoms with Crippen LogP contribution in [0.2, 0.25) is 10.0 Å². The van der Waals surface area contributed by atoms with Crippen LogP contribution >= 0.6 is 23.2 Å². The number of carbonyl (C=O) groups is 2. The van der Waals surface area contributed by atoms with Gasteiger partial charge in [0.05, 0.1) is 10.6 Å². The average molecular weight is 358 g/mol. The van der Waals surface area contributed by atoms with Gasteiger partial charge in [-0.2, -0.15) is 0 Å². The van der Waals surface area contributed by atoms with Crippen LogP contribution < -0.4 is 5.32 Å². The fraction of sp³-hybridized carbons (Fsp3) is 0.529. The van der Waals surface area contributed by atoms with Gasteiger partial charge in [-0.15, -0.1) is 0 Å². The third-order valence-corrected chi connectivity index (χ3v) is 5.10. The lowest BCUT2D eigenvalue weighted by Gasteiger charge is -2.34. The predicted molar refractivity (Wildman–Crippen MR) is 90.9 cm³/mol. The molecule has 4 nitrogen and oxygen atoms in total. The summed E-state index contributed by atoms with van der Waals surface area (Å²) in [4.78, 5) is 24.0. The Balaban J connectivity index is 1.86. The molecule has 1 aromatic carbocycles. The summed E-state index contributed by atoms with van der Waals surface area (Å²) in [5.41, 5.74) is 0.159. The molecule has 1 amide bonds. The Morgan fingerprint density at radius 2 is 2.00 bits per heavy atom. The van der Waals surface area contributed by atoms with Gasteiger partial charge in [-0.05, 0) is 36.5 Å². The van der Waals surface area contributed by atoms with Crippen LogP contribution in [0.1, 0.15) is 43.5 Å². The van der Waals surface area contributed by atoms with Crippen LogP contribution in [0.5, 0.6) is 0 Å². The molecule has 0 unspecified atom stereocenters. The number of ether oxygens (including phenoxy) is 1. The van der Waals surface area contributed by atoms with Gasteiger partial charge in [-0.25, -0.2) is 4.79 Å². The SMILES string of the molecule is C[C@H]1[C@@H](C)CCC[C@H]1NC(=O)COC(=O)c1cc(Cl)ccc1Cl. The first-order valence-corrected chi connectivity index (χ1v) is 8.55. The van der Waals surface area contributed by atoms with Gasteiger partial charge in [-0.3, -0.25) is 4.79 Å². The summed E-state index contributed by atoms with van der Waals surface area (Å²) < 4.78 is 5.04. The molecule has 3 atom stereocenters. The number of hydrogen-bond acceptors (Lipinski definition) is 3. The summed E-state index contributed by atoms with van der Waals surface area (Å²) in [6.45, 7) is 4.02. The second kappa shape index (κ2) is 8.02. The first kappa shape index (κ1) is 18.1. The van der Waals surface area contributed by atoms with Crippen molar-refractivity contribution in [3.8, 4) is 0 Å². The molecule has 0 heterocycles. The van der Waals surface area contributed by atoms with Crippen molar-refractivity contribution in [2.24, 2.45) is 11.8 Å². The highest BCUT2D eigenvalue weighted by atomic mass is 35.5. The van der Waals surface area contributed by atoms with E-state index < -0.39 is 5.97 Å². The number of amides is 1. The van der Waals surface area contributed by atoms with Gasteiger partial charge < -0.3 is 10.1 Å². The Labute approximate surface area is 146 Å². The normalized spacial score (nSPS) is 24.1. The summed E-state index contributed by atoms with van der Waals surface area (Å²) in [5.74, 6) is 0.0628. The molecule has 126 valence electrons. The van der Waals surface area contributed by atoms with Crippen molar-refractivity contribution < 1.29 is 14.3 Å². The van der Waals surface area contributed by atoms with E-state index >= 15 is 0 Å². The van der Waals surface area contributed by atoms with E-state index in [9.17, 15) is 9.59 Å². The largest absolute Gasteiger partial charge is 0.452 e. The molecule has 1 aliphatic rings. The lowest BCUT2D eigenvalue weighted by molar-refractivity contribution is -0.125. The van der Waals surface area contributed by atoms with Gasteiger partial charge in [0, 0.05) is 11.1 Å². The molecule has 1 aromatic rings. The average Bonchev–Trinajstić information content (AvgIpc) is 2.52. The molecule has 0 radical (unpaired) electrons. The van der Waals surface area contributed by atoms with Gasteiger partial charge in [0.2, 0.25) is 0 Å². The Hall–Kier alpha value is -1.26. The maximum absolute atomic E-state index is 12.0. The molecule has 0 saturated heterocycles. The standard InChI is InChI=1S/C17H21Cl2NO3/c1-10-4-3-5-15(11(10)2)20-16(21)9-23-17(22)13-8-12(18)6-7-14(13)19/h6-8,10-11,15H,3-5,9H2,1-2H3,(H,20,21)/t10-,11-,15+/m0/s1. The van der Waals surface area contributed by atoms with Crippen molar-refractivity contribution in [1.29, 1.82) is 0 Å². The molecule has 1 N–H and O–H groups in total. The lowest BCUT2D eigenvalue weighted by Crippen LogP contribution is -2.45. The number of rotatable bonds is 4. The topological polar surface area (TPSA) is 55.4 Å². The zero-order valence-electron chi connectivity index (χ0n) is 13.3. The van der Waals surface area contributed by atoms with E-state index in [1.54, 1.807) is 6.07 Å². The summed E-state index contributed by atoms with van der Waals surface area (Å²) in [7, 11) is 0. The molecule has 2 rings (SSSR count). The second-order valence-corrected chi connectivity index (χ2v) is 6.99. The lowest BCUT2D eigenvalue weighted by atomic mass is 9.78. The molecule has 0 aliphatic heterocycles. The Bertz CT molecular complexity index is 591. The van der Waals surface area contributed by atoms with Gasteiger partial charge in [0.15, 0.2) is 6.61 Å². The Morgan fingerprint density at radius 1 is 1.26 bits per heavy atom. The summed E-state index contributed by atoms with van der Waals surface area (Å²) in [6, 6.07) is 4.67. The molecular weight excluding hydrogens is 337 g/mol. The highest BCUT2D eigenvalue weighted by Crippen LogP contribution is 2.29. The summed E-state index contributed by atoms with van der Waals surface area (Å²) in [6.07, 6.45) is 3.26. The number of benzene rings is 1. The molecule has 0 spiro atoms. The number of carbonyl (C=O) groups excluding carboxylic acids is 2. The molecule has 1 saturated carbocycles. The maximum Gasteiger partial charge on any atom is 0.340 e. The molecule has 1 aliphatic carbocycles. The Morgan fingerprint density at radius 3 is 2.74 bits per heavy atom. The van der Waals surface area contributed by atoms with Gasteiger partial charge in [-0.1, -0.05) is 49.9 Å². The number of halogens is 2. The van der Waals surface area contributed by atoms with Crippen LogP contribution in [0.25, 0.3) is 0 Å². The third-order valence-electron chi connectivity index (χ3n) is 4.54. The maximum atomic E-state index is 12.0. The van der Waals surface area contributed by atoms with E-state index in [4.69, 9.17) is 27.9 Å². The zero-order chi connectivity index (χ0) is 17.0. The first-order chi connectivity index (χ1) is 10.9. The quantitative estimate of drug-likeness (QED) is 0.825. The van der Waals surface area contributed by atoms with E-state index in [2.05, 4.69) is 19.2 Å². The minimum absolute atomic E-state index is 0.139. The number of hydrogen-bond donors (Lipinski definition) is 1. The molecule has 23 heavy (non-hydrogen) atoms. The highest BCUT2D eigenvalue weighted by molar-refractivity contribution is 6.35. The molecular formula is C17H21Cl2NO3. The van der Waals surface area contributed by atoms with Crippen LogP contribution in [-0.4, -0.2) is 24.5 Å². The molecule has 1 fully saturated rings. The number of esters is 1. The van der Waals surface area contributed by atoms with Crippen LogP contribution in [0.15, 0.2) is 18.2 Å². The van der Waals surface area contributed by atoms with Crippen molar-refractivity contribution in [3.05, 3.63) is 33.8 Å². The number of nitrogens with one attached hydrogen (secondary N) is 1. The fourth-order valence-electron chi connectivity index (χ4n) is 2.90. The third kappa shape index (κ3) is 4.85. The Kier molecular flexibility index (Phi) is 6.31. The van der Waals surface area contributed by atoms with Crippen molar-refractivity contribution in [1.82, 2.24) is 5.32 Å². The van der Waals surface area contributed by atoms with E-state index in [0.717, 1.165) is 12.8 Å². The zero-order valence-corrected chi connectivity index (χ0v) is 14.8. The van der Waals surface area contributed by atoms with Crippen molar-refractivity contribution in [3.63, 3.8) is 0 Å². The highest BCUT2D eigenvalue weighted by Gasteiger charge is 2.28. The summed E-state index contributed by atoms with van der Waals surface area (Å²) >= 11 is 11.8. The van der Waals surface area contributed by atoms with Crippen molar-refractivity contribution in [2.45, 2.75) is 39.2 Å².